The number of nitrogens with one attached hydrogen (secondary N) is 3. The highest BCUT2D eigenvalue weighted by molar-refractivity contribution is 9.13. The Hall–Kier alpha value is -0.740. The van der Waals surface area contributed by atoms with E-state index in [2.05, 4.69) is 58.5 Å². The van der Waals surface area contributed by atoms with E-state index >= 15 is 0 Å². The topological polar surface area (TPSA) is 69.8 Å². The Bertz CT molecular complexity index is 838. The molecule has 0 aromatic carbocycles. The zero-order chi connectivity index (χ0) is 16.2. The molecular formula is C14H14Br2N4OS2. The van der Waals surface area contributed by atoms with Crippen molar-refractivity contribution >= 4 is 70.7 Å². The van der Waals surface area contributed by atoms with Crippen LogP contribution in [0.4, 0.5) is 5.95 Å². The molecule has 0 amide bonds. The first-order valence-corrected chi connectivity index (χ1v) is 10.3. The van der Waals surface area contributed by atoms with Gasteiger partial charge >= 0.3 is 0 Å². The fraction of sp³-hybridized carbons (Fsp3) is 0.286. The molecule has 3 aromatic rings. The van der Waals surface area contributed by atoms with E-state index in [0.717, 1.165) is 39.8 Å². The molecule has 0 radical (unpaired) electrons. The smallest absolute Gasteiger partial charge is 0.270 e. The number of aromatic nitrogens is 2. The second kappa shape index (κ2) is 7.89. The van der Waals surface area contributed by atoms with Crippen molar-refractivity contribution in [1.29, 1.82) is 0 Å². The van der Waals surface area contributed by atoms with Crippen LogP contribution in [0.3, 0.4) is 0 Å². The van der Waals surface area contributed by atoms with E-state index in [0.29, 0.717) is 10.6 Å². The van der Waals surface area contributed by atoms with Gasteiger partial charge in [-0.15, -0.1) is 22.7 Å². The first kappa shape index (κ1) is 17.1. The molecule has 0 aliphatic rings. The summed E-state index contributed by atoms with van der Waals surface area (Å²) < 4.78 is 2.89. The summed E-state index contributed by atoms with van der Waals surface area (Å²) in [6.45, 7) is 2.50. The Balaban J connectivity index is 1.41. The zero-order valence-electron chi connectivity index (χ0n) is 12.0. The van der Waals surface area contributed by atoms with Crippen LogP contribution in [0.15, 0.2) is 30.6 Å². The number of fused-ring (bicyclic) bond motifs is 1. The third kappa shape index (κ3) is 4.42. The molecular weight excluding hydrogens is 464 g/mol. The lowest BCUT2D eigenvalue weighted by Crippen LogP contribution is -2.18. The highest BCUT2D eigenvalue weighted by atomic mass is 79.9. The third-order valence-corrected chi connectivity index (χ3v) is 7.29. The van der Waals surface area contributed by atoms with Crippen LogP contribution in [0.1, 0.15) is 11.3 Å². The number of thiophene rings is 2. The molecule has 0 aliphatic heterocycles. The van der Waals surface area contributed by atoms with Crippen LogP contribution in [-0.4, -0.2) is 23.1 Å². The summed E-state index contributed by atoms with van der Waals surface area (Å²) in [5.41, 5.74) is 0.660. The molecule has 3 aromatic heterocycles. The van der Waals surface area contributed by atoms with Gasteiger partial charge in [-0.05, 0) is 62.3 Å². The van der Waals surface area contributed by atoms with Crippen molar-refractivity contribution in [3.05, 3.63) is 41.0 Å². The van der Waals surface area contributed by atoms with Crippen molar-refractivity contribution < 1.29 is 0 Å². The van der Waals surface area contributed by atoms with Crippen LogP contribution in [-0.2, 0) is 6.54 Å². The molecule has 122 valence electrons. The molecule has 0 atom stereocenters. The molecule has 23 heavy (non-hydrogen) atoms. The summed E-state index contributed by atoms with van der Waals surface area (Å²) in [7, 11) is 0. The van der Waals surface area contributed by atoms with E-state index in [1.165, 1.54) is 16.2 Å². The largest absolute Gasteiger partial charge is 0.356 e. The van der Waals surface area contributed by atoms with Crippen LogP contribution >= 0.6 is 54.5 Å². The summed E-state index contributed by atoms with van der Waals surface area (Å²) in [5, 5.41) is 8.45. The summed E-state index contributed by atoms with van der Waals surface area (Å²) in [6, 6.07) is 3.98. The molecule has 3 heterocycles. The average Bonchev–Trinajstić information content (AvgIpc) is 3.10. The number of nitrogens with zero attached hydrogens (tertiary/aromatic N) is 1. The minimum atomic E-state index is -0.0838. The first-order chi connectivity index (χ1) is 11.1. The third-order valence-electron chi connectivity index (χ3n) is 3.13. The predicted octanol–water partition coefficient (Wildman–Crippen LogP) is 4.16. The highest BCUT2D eigenvalue weighted by Gasteiger charge is 2.05. The molecule has 0 bridgehead atoms. The molecule has 5 nitrogen and oxygen atoms in total. The van der Waals surface area contributed by atoms with Crippen LogP contribution in [0.2, 0.25) is 0 Å². The lowest BCUT2D eigenvalue weighted by molar-refractivity contribution is 0.667. The lowest BCUT2D eigenvalue weighted by Gasteiger charge is -2.06. The number of anilines is 1. The fourth-order valence-electron chi connectivity index (χ4n) is 2.07. The first-order valence-electron chi connectivity index (χ1n) is 6.99. The number of halogens is 2. The van der Waals surface area contributed by atoms with Crippen molar-refractivity contribution in [3.63, 3.8) is 0 Å². The van der Waals surface area contributed by atoms with Gasteiger partial charge in [0.25, 0.3) is 5.56 Å². The molecule has 0 saturated heterocycles. The van der Waals surface area contributed by atoms with Crippen LogP contribution < -0.4 is 16.2 Å². The predicted molar refractivity (Wildman–Crippen MR) is 105 cm³/mol. The van der Waals surface area contributed by atoms with E-state index < -0.39 is 0 Å². The molecule has 0 aliphatic carbocycles. The monoisotopic (exact) mass is 476 g/mol. The minimum absolute atomic E-state index is 0.0838. The van der Waals surface area contributed by atoms with Gasteiger partial charge in [0.15, 0.2) is 0 Å². The minimum Gasteiger partial charge on any atom is -0.356 e. The van der Waals surface area contributed by atoms with Gasteiger partial charge in [0, 0.05) is 22.4 Å². The molecule has 3 rings (SSSR count). The molecule has 9 heteroatoms. The van der Waals surface area contributed by atoms with Crippen LogP contribution in [0.5, 0.6) is 0 Å². The van der Waals surface area contributed by atoms with Gasteiger partial charge in [-0.2, -0.15) is 0 Å². The molecule has 0 spiro atoms. The summed E-state index contributed by atoms with van der Waals surface area (Å²) >= 11 is 10.1. The van der Waals surface area contributed by atoms with E-state index in [4.69, 9.17) is 0 Å². The van der Waals surface area contributed by atoms with Gasteiger partial charge in [-0.1, -0.05) is 0 Å². The Morgan fingerprint density at radius 2 is 2.17 bits per heavy atom. The van der Waals surface area contributed by atoms with Gasteiger partial charge in [-0.25, -0.2) is 4.98 Å². The highest BCUT2D eigenvalue weighted by Crippen LogP contribution is 2.32. The Morgan fingerprint density at radius 3 is 2.96 bits per heavy atom. The molecule has 0 saturated carbocycles. The maximum atomic E-state index is 11.8. The van der Waals surface area contributed by atoms with Crippen molar-refractivity contribution in [2.24, 2.45) is 0 Å². The summed E-state index contributed by atoms with van der Waals surface area (Å²) in [4.78, 5) is 20.3. The Kier molecular flexibility index (Phi) is 5.86. The van der Waals surface area contributed by atoms with Crippen molar-refractivity contribution in [2.75, 3.05) is 18.4 Å². The summed E-state index contributed by atoms with van der Waals surface area (Å²) in [5.74, 6) is 0.534. The molecule has 0 fully saturated rings. The SMILES string of the molecule is O=c1[nH]c(NCCCNCc2cc(Br)c(Br)s2)nc2ccsc12. The van der Waals surface area contributed by atoms with Gasteiger partial charge in [0.1, 0.15) is 4.70 Å². The number of aromatic amines is 1. The second-order valence-electron chi connectivity index (χ2n) is 4.84. The Labute approximate surface area is 157 Å². The fourth-order valence-corrected chi connectivity index (χ4v) is 4.94. The lowest BCUT2D eigenvalue weighted by atomic mass is 10.4. The van der Waals surface area contributed by atoms with Gasteiger partial charge < -0.3 is 10.6 Å². The van der Waals surface area contributed by atoms with E-state index in [9.17, 15) is 4.79 Å². The van der Waals surface area contributed by atoms with Crippen LogP contribution in [0.25, 0.3) is 10.2 Å². The molecule has 3 N–H and O–H groups in total. The second-order valence-corrected chi connectivity index (χ2v) is 9.07. The maximum Gasteiger partial charge on any atom is 0.270 e. The van der Waals surface area contributed by atoms with Crippen molar-refractivity contribution in [2.45, 2.75) is 13.0 Å². The standard InChI is InChI=1S/C14H14Br2N4OS2/c15-9-6-8(23-12(9)16)7-17-3-1-4-18-14-19-10-2-5-22-11(10)13(21)20-14/h2,5-6,17H,1,3-4,7H2,(H2,18,19,20,21). The number of H-pyrrole nitrogens is 1. The van der Waals surface area contributed by atoms with E-state index in [-0.39, 0.29) is 5.56 Å². The number of hydrogen-bond acceptors (Lipinski definition) is 6. The van der Waals surface area contributed by atoms with Crippen molar-refractivity contribution in [1.82, 2.24) is 15.3 Å². The maximum absolute atomic E-state index is 11.8. The average molecular weight is 478 g/mol. The quantitative estimate of drug-likeness (QED) is 0.447. The normalized spacial score (nSPS) is 11.2. The van der Waals surface area contributed by atoms with E-state index in [1.807, 2.05) is 11.4 Å². The zero-order valence-corrected chi connectivity index (χ0v) is 16.8. The van der Waals surface area contributed by atoms with Crippen LogP contribution in [0, 0.1) is 0 Å². The van der Waals surface area contributed by atoms with E-state index in [1.54, 1.807) is 11.3 Å². The molecule has 0 unspecified atom stereocenters. The van der Waals surface area contributed by atoms with Crippen molar-refractivity contribution in [3.8, 4) is 0 Å². The van der Waals surface area contributed by atoms with Gasteiger partial charge in [0.05, 0.1) is 9.30 Å². The van der Waals surface area contributed by atoms with Gasteiger partial charge in [-0.3, -0.25) is 9.78 Å². The van der Waals surface area contributed by atoms with Gasteiger partial charge in [0.2, 0.25) is 5.95 Å². The summed E-state index contributed by atoms with van der Waals surface area (Å²) in [6.07, 6.45) is 0.944. The number of hydrogen-bond donors (Lipinski definition) is 3. The Morgan fingerprint density at radius 1 is 1.30 bits per heavy atom. The number of rotatable bonds is 7.